The number of aliphatic imine (C=N–C) groups is 1. The van der Waals surface area contributed by atoms with Gasteiger partial charge in [-0.2, -0.15) is 0 Å². The molecular weight excluding hydrogens is 114 g/mol. The van der Waals surface area contributed by atoms with Crippen LogP contribution >= 0.6 is 0 Å². The van der Waals surface area contributed by atoms with E-state index in [4.69, 9.17) is 0 Å². The Bertz CT molecular complexity index is 136. The molecule has 2 heteroatoms. The summed E-state index contributed by atoms with van der Waals surface area (Å²) in [5, 5.41) is 0. The lowest BCUT2D eigenvalue weighted by molar-refractivity contribution is -0.104. The highest BCUT2D eigenvalue weighted by Crippen LogP contribution is 1.85. The molecule has 50 valence electrons. The van der Waals surface area contributed by atoms with E-state index in [-0.39, 0.29) is 0 Å². The summed E-state index contributed by atoms with van der Waals surface area (Å²) in [6.45, 7) is 2.00. The number of nitrogens with zero attached hydrogens (tertiary/aromatic N) is 1. The van der Waals surface area contributed by atoms with Crippen molar-refractivity contribution < 1.29 is 4.79 Å². The van der Waals surface area contributed by atoms with Crippen LogP contribution < -0.4 is 0 Å². The Labute approximate surface area is 55.3 Å². The van der Waals surface area contributed by atoms with Crippen LogP contribution in [0.25, 0.3) is 0 Å². The van der Waals surface area contributed by atoms with Crippen LogP contribution in [-0.4, -0.2) is 19.0 Å². The van der Waals surface area contributed by atoms with Gasteiger partial charge in [0.2, 0.25) is 0 Å². The molecule has 0 atom stereocenters. The molecule has 0 unspecified atom stereocenters. The summed E-state index contributed by atoms with van der Waals surface area (Å²) in [6.07, 6.45) is 4.79. The van der Waals surface area contributed by atoms with E-state index in [0.29, 0.717) is 0 Å². The Morgan fingerprint density at radius 1 is 1.67 bits per heavy atom. The Morgan fingerprint density at radius 3 is 2.67 bits per heavy atom. The van der Waals surface area contributed by atoms with Crippen LogP contribution in [-0.2, 0) is 4.79 Å². The van der Waals surface area contributed by atoms with E-state index in [0.717, 1.165) is 18.4 Å². The second-order valence-electron chi connectivity index (χ2n) is 1.56. The fourth-order valence-corrected chi connectivity index (χ4v) is 0.501. The number of rotatable bonds is 3. The van der Waals surface area contributed by atoms with E-state index in [9.17, 15) is 4.79 Å². The standard InChI is InChI=1S/C7H11NO/c1-3-7(8-2)5-4-6-9/h4-6H,3H2,1-2H3/b5-4+,8-7?. The van der Waals surface area contributed by atoms with Crippen LogP contribution in [0, 0.1) is 0 Å². The van der Waals surface area contributed by atoms with Crippen molar-refractivity contribution in [1.82, 2.24) is 0 Å². The first kappa shape index (κ1) is 8.08. The zero-order valence-electron chi connectivity index (χ0n) is 5.79. The second kappa shape index (κ2) is 5.22. The van der Waals surface area contributed by atoms with E-state index >= 15 is 0 Å². The third-order valence-electron chi connectivity index (χ3n) is 1.02. The van der Waals surface area contributed by atoms with Crippen molar-refractivity contribution >= 4 is 12.0 Å². The molecule has 0 fully saturated rings. The molecule has 2 nitrogen and oxygen atoms in total. The van der Waals surface area contributed by atoms with Gasteiger partial charge < -0.3 is 0 Å². The van der Waals surface area contributed by atoms with E-state index in [1.54, 1.807) is 13.1 Å². The third kappa shape index (κ3) is 3.64. The molecule has 0 aromatic carbocycles. The minimum atomic E-state index is 0.751. The van der Waals surface area contributed by atoms with Gasteiger partial charge >= 0.3 is 0 Å². The first-order valence-corrected chi connectivity index (χ1v) is 2.92. The van der Waals surface area contributed by atoms with Crippen molar-refractivity contribution in [2.75, 3.05) is 7.05 Å². The summed E-state index contributed by atoms with van der Waals surface area (Å²) >= 11 is 0. The van der Waals surface area contributed by atoms with Gasteiger partial charge in [-0.05, 0) is 18.6 Å². The Morgan fingerprint density at radius 2 is 2.33 bits per heavy atom. The number of hydrogen-bond donors (Lipinski definition) is 0. The van der Waals surface area contributed by atoms with Gasteiger partial charge in [0.05, 0.1) is 0 Å². The summed E-state index contributed by atoms with van der Waals surface area (Å²) in [7, 11) is 1.72. The Hall–Kier alpha value is -0.920. The Kier molecular flexibility index (Phi) is 4.69. The molecule has 0 aromatic heterocycles. The number of allylic oxidation sites excluding steroid dienone is 2. The topological polar surface area (TPSA) is 29.4 Å². The third-order valence-corrected chi connectivity index (χ3v) is 1.02. The molecule has 0 spiro atoms. The highest BCUT2D eigenvalue weighted by molar-refractivity contribution is 5.96. The summed E-state index contributed by atoms with van der Waals surface area (Å²) in [5.74, 6) is 0. The number of carbonyl (C=O) groups is 1. The quantitative estimate of drug-likeness (QED) is 0.317. The monoisotopic (exact) mass is 125 g/mol. The van der Waals surface area contributed by atoms with Gasteiger partial charge in [-0.1, -0.05) is 6.92 Å². The number of hydrogen-bond acceptors (Lipinski definition) is 2. The summed E-state index contributed by atoms with van der Waals surface area (Å²) in [6, 6.07) is 0. The normalized spacial score (nSPS) is 12.4. The maximum Gasteiger partial charge on any atom is 0.142 e. The zero-order chi connectivity index (χ0) is 7.11. The van der Waals surface area contributed by atoms with Crippen LogP contribution in [0.15, 0.2) is 17.1 Å². The average molecular weight is 125 g/mol. The fraction of sp³-hybridized carbons (Fsp3) is 0.429. The minimum Gasteiger partial charge on any atom is -0.299 e. The molecule has 0 aliphatic rings. The van der Waals surface area contributed by atoms with Crippen LogP contribution in [0.2, 0.25) is 0 Å². The first-order chi connectivity index (χ1) is 4.35. The highest BCUT2D eigenvalue weighted by atomic mass is 16.1. The lowest BCUT2D eigenvalue weighted by Crippen LogP contribution is -1.88. The molecule has 0 bridgehead atoms. The molecule has 0 saturated heterocycles. The minimum absolute atomic E-state index is 0.751. The highest BCUT2D eigenvalue weighted by Gasteiger charge is 1.83. The van der Waals surface area contributed by atoms with Gasteiger partial charge in [0.25, 0.3) is 0 Å². The average Bonchev–Trinajstić information content (AvgIpc) is 1.91. The van der Waals surface area contributed by atoms with Crippen molar-refractivity contribution in [3.63, 3.8) is 0 Å². The molecule has 0 heterocycles. The van der Waals surface area contributed by atoms with Crippen LogP contribution in [0.3, 0.4) is 0 Å². The SMILES string of the molecule is CCC(/C=C/C=O)=NC. The zero-order valence-corrected chi connectivity index (χ0v) is 5.79. The predicted molar refractivity (Wildman–Crippen MR) is 38.9 cm³/mol. The molecule has 0 amide bonds. The van der Waals surface area contributed by atoms with E-state index in [1.807, 2.05) is 6.92 Å². The molecule has 0 aliphatic carbocycles. The number of carbonyl (C=O) groups excluding carboxylic acids is 1. The van der Waals surface area contributed by atoms with Crippen LogP contribution in [0.5, 0.6) is 0 Å². The molecule has 0 N–H and O–H groups in total. The molecule has 0 rings (SSSR count). The summed E-state index contributed by atoms with van der Waals surface area (Å²) in [5.41, 5.74) is 0.946. The van der Waals surface area contributed by atoms with Gasteiger partial charge in [-0.3, -0.25) is 9.79 Å². The lowest BCUT2D eigenvalue weighted by Gasteiger charge is -1.88. The molecule has 0 aromatic rings. The molecule has 9 heavy (non-hydrogen) atoms. The molecule has 0 radical (unpaired) electrons. The van der Waals surface area contributed by atoms with Crippen molar-refractivity contribution in [3.8, 4) is 0 Å². The van der Waals surface area contributed by atoms with E-state index < -0.39 is 0 Å². The molecular formula is C7H11NO. The molecule has 0 saturated carbocycles. The summed E-state index contributed by atoms with van der Waals surface area (Å²) < 4.78 is 0. The van der Waals surface area contributed by atoms with Gasteiger partial charge in [0, 0.05) is 12.8 Å². The summed E-state index contributed by atoms with van der Waals surface area (Å²) in [4.78, 5) is 13.7. The van der Waals surface area contributed by atoms with Crippen molar-refractivity contribution in [2.45, 2.75) is 13.3 Å². The maximum atomic E-state index is 9.80. The Balaban J connectivity index is 3.84. The number of aldehydes is 1. The van der Waals surface area contributed by atoms with Gasteiger partial charge in [-0.25, -0.2) is 0 Å². The second-order valence-corrected chi connectivity index (χ2v) is 1.56. The van der Waals surface area contributed by atoms with Gasteiger partial charge in [-0.15, -0.1) is 0 Å². The van der Waals surface area contributed by atoms with Crippen LogP contribution in [0.1, 0.15) is 13.3 Å². The lowest BCUT2D eigenvalue weighted by atomic mass is 10.3. The van der Waals surface area contributed by atoms with Crippen molar-refractivity contribution in [3.05, 3.63) is 12.2 Å². The maximum absolute atomic E-state index is 9.80. The van der Waals surface area contributed by atoms with E-state index in [2.05, 4.69) is 4.99 Å². The van der Waals surface area contributed by atoms with Gasteiger partial charge in [0.15, 0.2) is 0 Å². The first-order valence-electron chi connectivity index (χ1n) is 2.92. The van der Waals surface area contributed by atoms with Crippen molar-refractivity contribution in [2.24, 2.45) is 4.99 Å². The van der Waals surface area contributed by atoms with E-state index in [1.165, 1.54) is 6.08 Å². The van der Waals surface area contributed by atoms with Gasteiger partial charge in [0.1, 0.15) is 6.29 Å². The van der Waals surface area contributed by atoms with Crippen molar-refractivity contribution in [1.29, 1.82) is 0 Å². The molecule has 0 aliphatic heterocycles. The largest absolute Gasteiger partial charge is 0.299 e. The smallest absolute Gasteiger partial charge is 0.142 e. The van der Waals surface area contributed by atoms with Crippen LogP contribution in [0.4, 0.5) is 0 Å². The predicted octanol–water partition coefficient (Wildman–Crippen LogP) is 1.22. The fourth-order valence-electron chi connectivity index (χ4n) is 0.501.